The molecule has 0 bridgehead atoms. The van der Waals surface area contributed by atoms with Gasteiger partial charge in [0.15, 0.2) is 0 Å². The minimum atomic E-state index is -4.38. The Morgan fingerprint density at radius 1 is 1.22 bits per heavy atom. The Morgan fingerprint density at radius 2 is 1.94 bits per heavy atom. The fraction of sp³-hybridized carbons (Fsp3) is 0.250. The van der Waals surface area contributed by atoms with Gasteiger partial charge in [0, 0.05) is 12.0 Å². The van der Waals surface area contributed by atoms with Crippen LogP contribution in [0.3, 0.4) is 0 Å². The quantitative estimate of drug-likeness (QED) is 0.885. The summed E-state index contributed by atoms with van der Waals surface area (Å²) in [5, 5.41) is 0. The molecule has 18 heavy (non-hydrogen) atoms. The summed E-state index contributed by atoms with van der Waals surface area (Å²) in [5.41, 5.74) is 5.15. The third-order valence-corrected chi connectivity index (χ3v) is 2.53. The Bertz CT molecular complexity index is 531. The number of nitrogens with zero attached hydrogens (tertiary/aromatic N) is 1. The van der Waals surface area contributed by atoms with Gasteiger partial charge in [-0.25, -0.2) is 4.98 Å². The van der Waals surface area contributed by atoms with E-state index in [1.807, 2.05) is 0 Å². The number of aromatic amines is 1. The second kappa shape index (κ2) is 4.81. The van der Waals surface area contributed by atoms with E-state index in [-0.39, 0.29) is 5.56 Å². The molecule has 0 fully saturated rings. The minimum Gasteiger partial charge on any atom is -0.342 e. The van der Waals surface area contributed by atoms with Crippen molar-refractivity contribution in [2.24, 2.45) is 5.73 Å². The van der Waals surface area contributed by atoms with Crippen LogP contribution in [0, 0.1) is 0 Å². The van der Waals surface area contributed by atoms with Crippen molar-refractivity contribution in [1.82, 2.24) is 9.97 Å². The third-order valence-electron chi connectivity index (χ3n) is 2.53. The van der Waals surface area contributed by atoms with Crippen LogP contribution < -0.4 is 5.73 Å². The maximum absolute atomic E-state index is 12.8. The highest BCUT2D eigenvalue weighted by Crippen LogP contribution is 2.36. The number of imidazole rings is 1. The average Bonchev–Trinajstić information content (AvgIpc) is 2.77. The van der Waals surface area contributed by atoms with Gasteiger partial charge in [0.25, 0.3) is 0 Å². The number of nitrogens with one attached hydrogen (secondary N) is 1. The van der Waals surface area contributed by atoms with Gasteiger partial charge in [-0.15, -0.1) is 0 Å². The molecule has 0 radical (unpaired) electrons. The van der Waals surface area contributed by atoms with Crippen molar-refractivity contribution in [3.05, 3.63) is 41.9 Å². The molecule has 1 aromatic carbocycles. The minimum absolute atomic E-state index is 0.0979. The predicted molar refractivity (Wildman–Crippen MR) is 61.8 cm³/mol. The van der Waals surface area contributed by atoms with Crippen molar-refractivity contribution in [2.75, 3.05) is 6.54 Å². The number of rotatable bonds is 3. The first-order valence-electron chi connectivity index (χ1n) is 5.43. The van der Waals surface area contributed by atoms with Crippen molar-refractivity contribution in [2.45, 2.75) is 12.6 Å². The molecule has 0 aliphatic heterocycles. The summed E-state index contributed by atoms with van der Waals surface area (Å²) in [6.45, 7) is 0.397. The van der Waals surface area contributed by atoms with Crippen molar-refractivity contribution in [1.29, 1.82) is 0 Å². The van der Waals surface area contributed by atoms with E-state index in [1.165, 1.54) is 18.3 Å². The van der Waals surface area contributed by atoms with Gasteiger partial charge in [0.1, 0.15) is 5.82 Å². The van der Waals surface area contributed by atoms with Crippen LogP contribution in [0.1, 0.15) is 11.4 Å². The van der Waals surface area contributed by atoms with Gasteiger partial charge in [0.2, 0.25) is 0 Å². The summed E-state index contributed by atoms with van der Waals surface area (Å²) in [6, 6.07) is 5.40. The second-order valence-corrected chi connectivity index (χ2v) is 3.83. The van der Waals surface area contributed by atoms with Gasteiger partial charge in [-0.2, -0.15) is 13.2 Å². The highest BCUT2D eigenvalue weighted by Gasteiger charge is 2.33. The summed E-state index contributed by atoms with van der Waals surface area (Å²) >= 11 is 0. The number of alkyl halides is 3. The average molecular weight is 255 g/mol. The second-order valence-electron chi connectivity index (χ2n) is 3.83. The highest BCUT2D eigenvalue weighted by molar-refractivity contribution is 5.64. The van der Waals surface area contributed by atoms with Crippen LogP contribution in [0.5, 0.6) is 0 Å². The van der Waals surface area contributed by atoms with Crippen LogP contribution in [-0.4, -0.2) is 16.5 Å². The Labute approximate surface area is 102 Å². The molecule has 0 atom stereocenters. The van der Waals surface area contributed by atoms with Crippen LogP contribution in [0.2, 0.25) is 0 Å². The number of nitrogens with two attached hydrogens (primary N) is 1. The summed E-state index contributed by atoms with van der Waals surface area (Å²) in [5.74, 6) is 0.587. The molecule has 2 aromatic rings. The van der Waals surface area contributed by atoms with E-state index in [2.05, 4.69) is 9.97 Å². The largest absolute Gasteiger partial charge is 0.417 e. The Hall–Kier alpha value is -1.82. The molecule has 3 nitrogen and oxygen atoms in total. The Kier molecular flexibility index (Phi) is 3.38. The Morgan fingerprint density at radius 3 is 2.61 bits per heavy atom. The molecule has 96 valence electrons. The molecule has 0 unspecified atom stereocenters. The smallest absolute Gasteiger partial charge is 0.342 e. The summed E-state index contributed by atoms with van der Waals surface area (Å²) in [6.07, 6.45) is -2.47. The maximum Gasteiger partial charge on any atom is 0.417 e. The standard InChI is InChI=1S/C12H12F3N3/c13-12(14,15)9-4-2-1-3-8(9)10-7-17-11(18-10)5-6-16/h1-4,7H,5-6,16H2,(H,17,18). The Balaban J connectivity index is 2.43. The lowest BCUT2D eigenvalue weighted by Crippen LogP contribution is -2.07. The number of benzene rings is 1. The number of aromatic nitrogens is 2. The van der Waals surface area contributed by atoms with Gasteiger partial charge in [-0.05, 0) is 12.6 Å². The monoisotopic (exact) mass is 255 g/mol. The molecule has 6 heteroatoms. The van der Waals surface area contributed by atoms with Gasteiger partial charge in [-0.1, -0.05) is 18.2 Å². The van der Waals surface area contributed by atoms with E-state index < -0.39 is 11.7 Å². The zero-order valence-corrected chi connectivity index (χ0v) is 9.46. The van der Waals surface area contributed by atoms with Gasteiger partial charge >= 0.3 is 6.18 Å². The molecule has 2 rings (SSSR count). The lowest BCUT2D eigenvalue weighted by Gasteiger charge is -2.10. The molecule has 0 saturated carbocycles. The van der Waals surface area contributed by atoms with E-state index in [0.717, 1.165) is 6.07 Å². The summed E-state index contributed by atoms with van der Waals surface area (Å²) in [7, 11) is 0. The van der Waals surface area contributed by atoms with Gasteiger partial charge in [-0.3, -0.25) is 0 Å². The van der Waals surface area contributed by atoms with Crippen LogP contribution in [-0.2, 0) is 12.6 Å². The zero-order valence-electron chi connectivity index (χ0n) is 9.46. The highest BCUT2D eigenvalue weighted by atomic mass is 19.4. The molecule has 0 spiro atoms. The predicted octanol–water partition coefficient (Wildman–Crippen LogP) is 2.60. The van der Waals surface area contributed by atoms with E-state index in [1.54, 1.807) is 6.07 Å². The molecule has 0 saturated heterocycles. The van der Waals surface area contributed by atoms with Gasteiger partial charge < -0.3 is 10.7 Å². The normalized spacial score (nSPS) is 11.8. The van der Waals surface area contributed by atoms with Crippen LogP contribution in [0.25, 0.3) is 11.3 Å². The molecular weight excluding hydrogens is 243 g/mol. The van der Waals surface area contributed by atoms with Crippen LogP contribution in [0.4, 0.5) is 13.2 Å². The molecule has 1 heterocycles. The molecule has 0 aliphatic rings. The number of hydrogen-bond acceptors (Lipinski definition) is 2. The zero-order chi connectivity index (χ0) is 13.2. The summed E-state index contributed by atoms with van der Waals surface area (Å²) in [4.78, 5) is 6.85. The lowest BCUT2D eigenvalue weighted by atomic mass is 10.1. The first-order chi connectivity index (χ1) is 8.52. The van der Waals surface area contributed by atoms with E-state index in [9.17, 15) is 13.2 Å². The molecule has 1 aromatic heterocycles. The van der Waals surface area contributed by atoms with Crippen molar-refractivity contribution in [3.8, 4) is 11.3 Å². The first kappa shape index (κ1) is 12.6. The van der Waals surface area contributed by atoms with E-state index in [4.69, 9.17) is 5.73 Å². The van der Waals surface area contributed by atoms with Crippen molar-refractivity contribution in [3.63, 3.8) is 0 Å². The molecular formula is C12H12F3N3. The lowest BCUT2D eigenvalue weighted by molar-refractivity contribution is -0.137. The number of hydrogen-bond donors (Lipinski definition) is 2. The molecule has 0 amide bonds. The van der Waals surface area contributed by atoms with Crippen molar-refractivity contribution < 1.29 is 13.2 Å². The van der Waals surface area contributed by atoms with Crippen molar-refractivity contribution >= 4 is 0 Å². The van der Waals surface area contributed by atoms with Crippen LogP contribution in [0.15, 0.2) is 30.5 Å². The van der Waals surface area contributed by atoms with Gasteiger partial charge in [0.05, 0.1) is 17.5 Å². The van der Waals surface area contributed by atoms with Crippen LogP contribution >= 0.6 is 0 Å². The number of halogens is 3. The summed E-state index contributed by atoms with van der Waals surface area (Å²) < 4.78 is 38.5. The fourth-order valence-electron chi connectivity index (χ4n) is 1.73. The first-order valence-corrected chi connectivity index (χ1v) is 5.43. The third kappa shape index (κ3) is 2.53. The number of H-pyrrole nitrogens is 1. The van der Waals surface area contributed by atoms with E-state index >= 15 is 0 Å². The SMILES string of the molecule is NCCc1ncc(-c2ccccc2C(F)(F)F)[nH]1. The topological polar surface area (TPSA) is 54.7 Å². The maximum atomic E-state index is 12.8. The fourth-order valence-corrected chi connectivity index (χ4v) is 1.73. The molecule has 3 N–H and O–H groups in total. The molecule has 0 aliphatic carbocycles. The van der Waals surface area contributed by atoms with E-state index in [0.29, 0.717) is 24.5 Å².